The number of nitrogens with zero attached hydrogens (tertiary/aromatic N) is 1. The summed E-state index contributed by atoms with van der Waals surface area (Å²) in [6.07, 6.45) is 1.71. The zero-order chi connectivity index (χ0) is 21.1. The van der Waals surface area contributed by atoms with Crippen LogP contribution in [0.2, 0.25) is 5.02 Å². The molecule has 0 aromatic heterocycles. The Balaban J connectivity index is 1.38. The number of halogens is 1. The summed E-state index contributed by atoms with van der Waals surface area (Å²) >= 11 is 6.07. The first-order valence-corrected chi connectivity index (χ1v) is 10.2. The minimum atomic E-state index is -0.514. The van der Waals surface area contributed by atoms with E-state index in [9.17, 15) is 14.4 Å². The molecule has 0 bridgehead atoms. The molecule has 4 rings (SSSR count). The Bertz CT molecular complexity index is 968. The maximum atomic E-state index is 12.7. The number of hydrogen-bond acceptors (Lipinski definition) is 5. The number of carbonyl (C=O) groups is 3. The molecule has 2 atom stereocenters. The molecule has 156 valence electrons. The minimum Gasteiger partial charge on any atom is -0.312 e. The third-order valence-corrected chi connectivity index (χ3v) is 5.52. The lowest BCUT2D eigenvalue weighted by atomic mass is 10.0. The van der Waals surface area contributed by atoms with E-state index < -0.39 is 11.9 Å². The summed E-state index contributed by atoms with van der Waals surface area (Å²) < 4.78 is 0. The summed E-state index contributed by atoms with van der Waals surface area (Å²) in [5.74, 6) is -0.925. The SMILES string of the molecule is O=C(NNC(=O)C1CC(c2ccccc2)NN1)c1ccc(Cl)cc1N1CCCC1=O. The van der Waals surface area contributed by atoms with Gasteiger partial charge in [0.15, 0.2) is 0 Å². The van der Waals surface area contributed by atoms with Crippen LogP contribution in [0.3, 0.4) is 0 Å². The lowest BCUT2D eigenvalue weighted by molar-refractivity contribution is -0.123. The molecule has 2 aliphatic heterocycles. The first-order chi connectivity index (χ1) is 14.5. The molecule has 30 heavy (non-hydrogen) atoms. The molecule has 2 aliphatic rings. The Kier molecular flexibility index (Phi) is 5.98. The van der Waals surface area contributed by atoms with E-state index in [4.69, 9.17) is 11.6 Å². The second-order valence-corrected chi connectivity index (χ2v) is 7.73. The molecular formula is C21H22ClN5O3. The molecule has 2 aromatic rings. The predicted octanol–water partition coefficient (Wildman–Crippen LogP) is 1.84. The average Bonchev–Trinajstić information content (AvgIpc) is 3.42. The van der Waals surface area contributed by atoms with E-state index in [1.54, 1.807) is 23.1 Å². The number of nitrogens with one attached hydrogen (secondary N) is 4. The van der Waals surface area contributed by atoms with Crippen molar-refractivity contribution in [1.29, 1.82) is 0 Å². The van der Waals surface area contributed by atoms with Gasteiger partial charge in [-0.25, -0.2) is 10.9 Å². The number of carbonyl (C=O) groups excluding carboxylic acids is 3. The summed E-state index contributed by atoms with van der Waals surface area (Å²) in [5.41, 5.74) is 12.7. The lowest BCUT2D eigenvalue weighted by Gasteiger charge is -2.20. The smallest absolute Gasteiger partial charge is 0.271 e. The van der Waals surface area contributed by atoms with E-state index in [2.05, 4.69) is 21.7 Å². The Labute approximate surface area is 178 Å². The maximum absolute atomic E-state index is 12.7. The molecule has 8 nitrogen and oxygen atoms in total. The van der Waals surface area contributed by atoms with Crippen LogP contribution >= 0.6 is 11.6 Å². The molecule has 0 aliphatic carbocycles. The van der Waals surface area contributed by atoms with Crippen molar-refractivity contribution in [1.82, 2.24) is 21.7 Å². The molecule has 2 fully saturated rings. The van der Waals surface area contributed by atoms with Crippen LogP contribution < -0.4 is 26.6 Å². The van der Waals surface area contributed by atoms with Gasteiger partial charge in [0.05, 0.1) is 11.3 Å². The molecule has 2 aromatic carbocycles. The highest BCUT2D eigenvalue weighted by Gasteiger charge is 2.31. The first-order valence-electron chi connectivity index (χ1n) is 9.79. The number of anilines is 1. The fraction of sp³-hybridized carbons (Fsp3) is 0.286. The fourth-order valence-electron chi connectivity index (χ4n) is 3.73. The van der Waals surface area contributed by atoms with Crippen LogP contribution in [-0.4, -0.2) is 30.3 Å². The van der Waals surface area contributed by atoms with Gasteiger partial charge in [0.1, 0.15) is 6.04 Å². The van der Waals surface area contributed by atoms with E-state index in [0.717, 1.165) is 12.0 Å². The molecule has 0 radical (unpaired) electrons. The number of hydrazine groups is 2. The standard InChI is InChI=1S/C21H22ClN5O3/c22-14-8-9-15(18(11-14)27-10-4-7-19(27)28)20(29)25-26-21(30)17-12-16(23-24-17)13-5-2-1-3-6-13/h1-3,5-6,8-9,11,16-17,23-24H,4,7,10,12H2,(H,25,29)(H,26,30). The predicted molar refractivity (Wildman–Crippen MR) is 113 cm³/mol. The third kappa shape index (κ3) is 4.30. The third-order valence-electron chi connectivity index (χ3n) is 5.29. The number of amides is 3. The molecule has 2 unspecified atom stereocenters. The van der Waals surface area contributed by atoms with Crippen molar-refractivity contribution in [2.45, 2.75) is 31.3 Å². The van der Waals surface area contributed by atoms with Gasteiger partial charge in [0.25, 0.3) is 11.8 Å². The second-order valence-electron chi connectivity index (χ2n) is 7.29. The van der Waals surface area contributed by atoms with Crippen molar-refractivity contribution in [3.8, 4) is 0 Å². The van der Waals surface area contributed by atoms with Gasteiger partial charge in [-0.3, -0.25) is 25.2 Å². The van der Waals surface area contributed by atoms with Crippen molar-refractivity contribution in [2.75, 3.05) is 11.4 Å². The quantitative estimate of drug-likeness (QED) is 0.557. The first kappa shape index (κ1) is 20.3. The zero-order valence-electron chi connectivity index (χ0n) is 16.2. The van der Waals surface area contributed by atoms with Gasteiger partial charge in [-0.1, -0.05) is 41.9 Å². The Morgan fingerprint density at radius 2 is 1.87 bits per heavy atom. The molecule has 0 saturated carbocycles. The van der Waals surface area contributed by atoms with Gasteiger partial charge in [-0.05, 0) is 36.6 Å². The van der Waals surface area contributed by atoms with Crippen molar-refractivity contribution >= 4 is 35.0 Å². The Morgan fingerprint density at radius 3 is 2.60 bits per heavy atom. The lowest BCUT2D eigenvalue weighted by Crippen LogP contribution is -2.50. The van der Waals surface area contributed by atoms with Crippen LogP contribution in [0, 0.1) is 0 Å². The van der Waals surface area contributed by atoms with Crippen LogP contribution in [0.1, 0.15) is 41.2 Å². The molecular weight excluding hydrogens is 406 g/mol. The topological polar surface area (TPSA) is 103 Å². The summed E-state index contributed by atoms with van der Waals surface area (Å²) in [6.45, 7) is 0.532. The number of rotatable bonds is 4. The van der Waals surface area contributed by atoms with E-state index >= 15 is 0 Å². The normalized spacial score (nSPS) is 21.0. The van der Waals surface area contributed by atoms with Crippen LogP contribution in [0.5, 0.6) is 0 Å². The van der Waals surface area contributed by atoms with Gasteiger partial charge in [0, 0.05) is 24.0 Å². The van der Waals surface area contributed by atoms with Gasteiger partial charge in [-0.15, -0.1) is 0 Å². The second kappa shape index (κ2) is 8.83. The van der Waals surface area contributed by atoms with E-state index in [1.807, 2.05) is 30.3 Å². The summed E-state index contributed by atoms with van der Waals surface area (Å²) in [5, 5.41) is 0.429. The van der Waals surface area contributed by atoms with Crippen LogP contribution in [-0.2, 0) is 9.59 Å². The van der Waals surface area contributed by atoms with Gasteiger partial charge < -0.3 is 4.90 Å². The Hall–Kier alpha value is -2.94. The minimum absolute atomic E-state index is 0.00157. The highest BCUT2D eigenvalue weighted by molar-refractivity contribution is 6.31. The van der Waals surface area contributed by atoms with E-state index in [0.29, 0.717) is 30.1 Å². The summed E-state index contributed by atoms with van der Waals surface area (Å²) in [6, 6.07) is 14.0. The molecule has 4 N–H and O–H groups in total. The van der Waals surface area contributed by atoms with Crippen LogP contribution in [0.4, 0.5) is 5.69 Å². The van der Waals surface area contributed by atoms with Crippen molar-refractivity contribution < 1.29 is 14.4 Å². The monoisotopic (exact) mass is 427 g/mol. The maximum Gasteiger partial charge on any atom is 0.271 e. The van der Waals surface area contributed by atoms with E-state index in [-0.39, 0.29) is 23.4 Å². The highest BCUT2D eigenvalue weighted by Crippen LogP contribution is 2.28. The Morgan fingerprint density at radius 1 is 1.07 bits per heavy atom. The van der Waals surface area contributed by atoms with Crippen molar-refractivity contribution in [3.63, 3.8) is 0 Å². The fourth-order valence-corrected chi connectivity index (χ4v) is 3.89. The molecule has 0 spiro atoms. The zero-order valence-corrected chi connectivity index (χ0v) is 16.9. The molecule has 2 heterocycles. The summed E-state index contributed by atoms with van der Waals surface area (Å²) in [4.78, 5) is 38.9. The summed E-state index contributed by atoms with van der Waals surface area (Å²) in [7, 11) is 0. The average molecular weight is 428 g/mol. The number of benzene rings is 2. The van der Waals surface area contributed by atoms with Gasteiger partial charge in [0.2, 0.25) is 5.91 Å². The van der Waals surface area contributed by atoms with E-state index in [1.165, 1.54) is 0 Å². The molecule has 2 saturated heterocycles. The van der Waals surface area contributed by atoms with Crippen LogP contribution in [0.15, 0.2) is 48.5 Å². The van der Waals surface area contributed by atoms with Crippen LogP contribution in [0.25, 0.3) is 0 Å². The molecule has 3 amide bonds. The van der Waals surface area contributed by atoms with Gasteiger partial charge >= 0.3 is 0 Å². The van der Waals surface area contributed by atoms with Crippen molar-refractivity contribution in [2.24, 2.45) is 0 Å². The largest absolute Gasteiger partial charge is 0.312 e. The van der Waals surface area contributed by atoms with Gasteiger partial charge in [-0.2, -0.15) is 0 Å². The number of hydrogen-bond donors (Lipinski definition) is 4. The van der Waals surface area contributed by atoms with Crippen molar-refractivity contribution in [3.05, 3.63) is 64.7 Å². The molecule has 9 heteroatoms. The highest BCUT2D eigenvalue weighted by atomic mass is 35.5.